The second kappa shape index (κ2) is 8.64. The number of aromatic carboxylic acids is 1. The molecule has 0 amide bonds. The third-order valence-corrected chi connectivity index (χ3v) is 7.25. The SMILES string of the molecule is O=C(O)c1cc(Br)c2c(c1)C1C=CCC1C(c1ccc(OCc3ccccc3Cl)cc1)N2. The second-order valence-electron chi connectivity index (χ2n) is 8.15. The number of carbonyl (C=O) groups is 1. The number of anilines is 1. The largest absolute Gasteiger partial charge is 0.489 e. The van der Waals surface area contributed by atoms with Gasteiger partial charge in [0, 0.05) is 21.0 Å². The number of hydrogen-bond acceptors (Lipinski definition) is 3. The maximum absolute atomic E-state index is 11.5. The maximum Gasteiger partial charge on any atom is 0.335 e. The van der Waals surface area contributed by atoms with Crippen molar-refractivity contribution in [3.63, 3.8) is 0 Å². The van der Waals surface area contributed by atoms with Crippen LogP contribution in [-0.2, 0) is 6.61 Å². The summed E-state index contributed by atoms with van der Waals surface area (Å²) in [5, 5.41) is 13.8. The van der Waals surface area contributed by atoms with E-state index in [4.69, 9.17) is 16.3 Å². The fourth-order valence-corrected chi connectivity index (χ4v) is 5.44. The molecule has 3 unspecified atom stereocenters. The summed E-state index contributed by atoms with van der Waals surface area (Å²) < 4.78 is 6.71. The number of fused-ring (bicyclic) bond motifs is 3. The van der Waals surface area contributed by atoms with E-state index in [0.29, 0.717) is 23.1 Å². The van der Waals surface area contributed by atoms with E-state index >= 15 is 0 Å². The van der Waals surface area contributed by atoms with Crippen LogP contribution in [0.4, 0.5) is 5.69 Å². The topological polar surface area (TPSA) is 58.6 Å². The van der Waals surface area contributed by atoms with Crippen molar-refractivity contribution in [2.75, 3.05) is 5.32 Å². The molecule has 0 aromatic heterocycles. The molecule has 6 heteroatoms. The molecular formula is C26H21BrClNO3. The lowest BCUT2D eigenvalue weighted by Crippen LogP contribution is -2.29. The molecule has 3 aromatic rings. The maximum atomic E-state index is 11.5. The Morgan fingerprint density at radius 1 is 1.16 bits per heavy atom. The molecule has 0 fully saturated rings. The molecular weight excluding hydrogens is 490 g/mol. The highest BCUT2D eigenvalue weighted by Gasteiger charge is 2.39. The molecule has 3 aromatic carbocycles. The van der Waals surface area contributed by atoms with Crippen LogP contribution in [0.3, 0.4) is 0 Å². The number of carboxylic acid groups (broad SMARTS) is 1. The summed E-state index contributed by atoms with van der Waals surface area (Å²) in [6, 6.07) is 19.4. The average Bonchev–Trinajstić information content (AvgIpc) is 3.29. The Hall–Kier alpha value is -2.76. The minimum Gasteiger partial charge on any atom is -0.489 e. The normalized spacial score (nSPS) is 20.9. The fourth-order valence-electron chi connectivity index (χ4n) is 4.66. The lowest BCUT2D eigenvalue weighted by molar-refractivity contribution is 0.0696. The number of rotatable bonds is 5. The number of carboxylic acids is 1. The van der Waals surface area contributed by atoms with Crippen molar-refractivity contribution in [1.29, 1.82) is 0 Å². The first kappa shape index (κ1) is 21.1. The number of benzene rings is 3. The first-order valence-electron chi connectivity index (χ1n) is 10.5. The van der Waals surface area contributed by atoms with E-state index in [-0.39, 0.29) is 12.0 Å². The summed E-state index contributed by atoms with van der Waals surface area (Å²) in [6.07, 6.45) is 5.35. The standard InChI is InChI=1S/C26H21BrClNO3/c27-22-13-17(26(30)31)12-21-19-5-3-6-20(19)24(29-25(21)22)15-8-10-18(11-9-15)32-14-16-4-1-2-7-23(16)28/h1-5,7-13,19-20,24,29H,6,14H2,(H,30,31). The molecule has 1 aliphatic heterocycles. The van der Waals surface area contributed by atoms with E-state index in [0.717, 1.165) is 33.5 Å². The Morgan fingerprint density at radius 2 is 1.94 bits per heavy atom. The Kier molecular flexibility index (Phi) is 5.70. The minimum absolute atomic E-state index is 0.118. The van der Waals surface area contributed by atoms with E-state index in [1.807, 2.05) is 36.4 Å². The first-order valence-corrected chi connectivity index (χ1v) is 11.6. The molecule has 3 atom stereocenters. The predicted molar refractivity (Wildman–Crippen MR) is 130 cm³/mol. The van der Waals surface area contributed by atoms with Gasteiger partial charge in [-0.3, -0.25) is 0 Å². The molecule has 1 heterocycles. The Labute approximate surface area is 200 Å². The molecule has 1 aliphatic carbocycles. The van der Waals surface area contributed by atoms with Gasteiger partial charge in [0.05, 0.1) is 17.3 Å². The minimum atomic E-state index is -0.915. The Bertz CT molecular complexity index is 1210. The average molecular weight is 511 g/mol. The van der Waals surface area contributed by atoms with E-state index in [2.05, 4.69) is 45.5 Å². The van der Waals surface area contributed by atoms with Gasteiger partial charge in [0.1, 0.15) is 12.4 Å². The van der Waals surface area contributed by atoms with Crippen LogP contribution >= 0.6 is 27.5 Å². The first-order chi connectivity index (χ1) is 15.5. The molecule has 0 bridgehead atoms. The van der Waals surface area contributed by atoms with Gasteiger partial charge in [0.15, 0.2) is 0 Å². The van der Waals surface area contributed by atoms with Gasteiger partial charge in [-0.2, -0.15) is 0 Å². The van der Waals surface area contributed by atoms with Gasteiger partial charge in [0.25, 0.3) is 0 Å². The Balaban J connectivity index is 1.38. The zero-order chi connectivity index (χ0) is 22.2. The fraction of sp³-hybridized carbons (Fsp3) is 0.192. The van der Waals surface area contributed by atoms with Crippen LogP contribution in [0.25, 0.3) is 0 Å². The Morgan fingerprint density at radius 3 is 2.69 bits per heavy atom. The van der Waals surface area contributed by atoms with E-state index < -0.39 is 5.97 Å². The van der Waals surface area contributed by atoms with Gasteiger partial charge in [-0.1, -0.05) is 54.1 Å². The van der Waals surface area contributed by atoms with Crippen LogP contribution in [0.15, 0.2) is 77.3 Å². The molecule has 32 heavy (non-hydrogen) atoms. The summed E-state index contributed by atoms with van der Waals surface area (Å²) >= 11 is 9.80. The van der Waals surface area contributed by atoms with Crippen molar-refractivity contribution in [3.05, 3.63) is 105 Å². The van der Waals surface area contributed by atoms with E-state index in [1.165, 1.54) is 5.56 Å². The number of ether oxygens (including phenoxy) is 1. The van der Waals surface area contributed by atoms with Gasteiger partial charge in [-0.25, -0.2) is 4.79 Å². The summed E-state index contributed by atoms with van der Waals surface area (Å²) in [4.78, 5) is 11.5. The number of allylic oxidation sites excluding steroid dienone is 2. The van der Waals surface area contributed by atoms with Crippen molar-refractivity contribution in [3.8, 4) is 5.75 Å². The molecule has 5 rings (SSSR count). The van der Waals surface area contributed by atoms with Crippen LogP contribution in [0.2, 0.25) is 5.02 Å². The zero-order valence-corrected chi connectivity index (χ0v) is 19.4. The summed E-state index contributed by atoms with van der Waals surface area (Å²) in [7, 11) is 0. The molecule has 2 aliphatic rings. The number of nitrogens with one attached hydrogen (secondary N) is 1. The summed E-state index contributed by atoms with van der Waals surface area (Å²) in [5.41, 5.74) is 4.43. The molecule has 0 saturated heterocycles. The van der Waals surface area contributed by atoms with Crippen LogP contribution in [0.1, 0.15) is 45.4 Å². The lowest BCUT2D eigenvalue weighted by Gasteiger charge is -2.38. The van der Waals surface area contributed by atoms with Crippen LogP contribution in [0.5, 0.6) is 5.75 Å². The molecule has 162 valence electrons. The van der Waals surface area contributed by atoms with Gasteiger partial charge < -0.3 is 15.2 Å². The van der Waals surface area contributed by atoms with Crippen molar-refractivity contribution >= 4 is 39.2 Å². The van der Waals surface area contributed by atoms with Crippen molar-refractivity contribution in [2.45, 2.75) is 25.0 Å². The molecule has 0 spiro atoms. The van der Waals surface area contributed by atoms with E-state index in [1.54, 1.807) is 12.1 Å². The highest BCUT2D eigenvalue weighted by molar-refractivity contribution is 9.10. The highest BCUT2D eigenvalue weighted by atomic mass is 79.9. The second-order valence-corrected chi connectivity index (χ2v) is 9.41. The third-order valence-electron chi connectivity index (χ3n) is 6.26. The summed E-state index contributed by atoms with van der Waals surface area (Å²) in [6.45, 7) is 0.418. The van der Waals surface area contributed by atoms with Crippen molar-refractivity contribution in [2.24, 2.45) is 5.92 Å². The van der Waals surface area contributed by atoms with Crippen LogP contribution < -0.4 is 10.1 Å². The van der Waals surface area contributed by atoms with E-state index in [9.17, 15) is 9.90 Å². The van der Waals surface area contributed by atoms with Crippen LogP contribution in [-0.4, -0.2) is 11.1 Å². The lowest BCUT2D eigenvalue weighted by atomic mass is 9.76. The molecule has 0 radical (unpaired) electrons. The zero-order valence-electron chi connectivity index (χ0n) is 17.1. The summed E-state index contributed by atoms with van der Waals surface area (Å²) in [5.74, 6) is 0.385. The molecule has 0 saturated carbocycles. The van der Waals surface area contributed by atoms with Gasteiger partial charge in [0.2, 0.25) is 0 Å². The third kappa shape index (κ3) is 3.91. The van der Waals surface area contributed by atoms with Gasteiger partial charge >= 0.3 is 5.97 Å². The highest BCUT2D eigenvalue weighted by Crippen LogP contribution is 2.52. The van der Waals surface area contributed by atoms with Crippen LogP contribution in [0, 0.1) is 5.92 Å². The monoisotopic (exact) mass is 509 g/mol. The smallest absolute Gasteiger partial charge is 0.335 e. The number of hydrogen-bond donors (Lipinski definition) is 2. The quantitative estimate of drug-likeness (QED) is 0.356. The van der Waals surface area contributed by atoms with Gasteiger partial charge in [-0.05, 0) is 69.7 Å². The molecule has 4 nitrogen and oxygen atoms in total. The number of halogens is 2. The van der Waals surface area contributed by atoms with Gasteiger partial charge in [-0.15, -0.1) is 0 Å². The molecule has 2 N–H and O–H groups in total. The predicted octanol–water partition coefficient (Wildman–Crippen LogP) is 7.21. The van der Waals surface area contributed by atoms with Crippen molar-refractivity contribution in [1.82, 2.24) is 0 Å². The van der Waals surface area contributed by atoms with Crippen molar-refractivity contribution < 1.29 is 14.6 Å².